The number of carbonyl (C=O) groups excluding carboxylic acids is 1. The lowest BCUT2D eigenvalue weighted by Gasteiger charge is -2.26. The Morgan fingerprint density at radius 1 is 1.36 bits per heavy atom. The smallest absolute Gasteiger partial charge is 0.316 e. The van der Waals surface area contributed by atoms with Crippen LogP contribution in [0.5, 0.6) is 0 Å². The van der Waals surface area contributed by atoms with Crippen molar-refractivity contribution in [3.63, 3.8) is 0 Å². The number of sulfone groups is 1. The molecule has 2 heterocycles. The standard InChI is InChI=1S/C16H19ClN2O4S2/c1-2-23-15(20)8-24-16-18-13-9-25(21,22)10-14(13)19(16)7-11-3-5-12(17)6-4-11/h3-6,13-14H,2,7-10H2,1H3/t13-,14+/m1/s1. The van der Waals surface area contributed by atoms with Crippen LogP contribution in [-0.4, -0.2) is 60.4 Å². The van der Waals surface area contributed by atoms with Crippen LogP contribution in [0.2, 0.25) is 5.02 Å². The van der Waals surface area contributed by atoms with E-state index in [1.54, 1.807) is 19.1 Å². The van der Waals surface area contributed by atoms with Crippen molar-refractivity contribution in [1.29, 1.82) is 0 Å². The van der Waals surface area contributed by atoms with Gasteiger partial charge < -0.3 is 9.64 Å². The molecule has 2 atom stereocenters. The number of thioether (sulfide) groups is 1. The van der Waals surface area contributed by atoms with Gasteiger partial charge in [-0.1, -0.05) is 35.5 Å². The Balaban J connectivity index is 1.76. The maximum atomic E-state index is 12.0. The lowest BCUT2D eigenvalue weighted by atomic mass is 10.1. The number of benzene rings is 1. The van der Waals surface area contributed by atoms with Crippen molar-refractivity contribution in [1.82, 2.24) is 4.90 Å². The number of ether oxygens (including phenoxy) is 1. The second kappa shape index (κ2) is 7.55. The number of fused-ring (bicyclic) bond motifs is 1. The first kappa shape index (κ1) is 18.5. The van der Waals surface area contributed by atoms with Crippen LogP contribution >= 0.6 is 23.4 Å². The summed E-state index contributed by atoms with van der Waals surface area (Å²) in [6, 6.07) is 6.99. The van der Waals surface area contributed by atoms with Crippen molar-refractivity contribution in [3.05, 3.63) is 34.9 Å². The molecule has 1 fully saturated rings. The van der Waals surface area contributed by atoms with Gasteiger partial charge in [-0.05, 0) is 24.6 Å². The molecular formula is C16H19ClN2O4S2. The third-order valence-corrected chi connectivity index (χ3v) is 7.04. The molecule has 0 spiro atoms. The van der Waals surface area contributed by atoms with Crippen LogP contribution in [-0.2, 0) is 25.9 Å². The number of carbonyl (C=O) groups is 1. The molecule has 2 aliphatic heterocycles. The van der Waals surface area contributed by atoms with Crippen molar-refractivity contribution in [2.45, 2.75) is 25.6 Å². The van der Waals surface area contributed by atoms with E-state index in [4.69, 9.17) is 16.3 Å². The zero-order valence-electron chi connectivity index (χ0n) is 13.7. The average Bonchev–Trinajstić information content (AvgIpc) is 3.00. The highest BCUT2D eigenvalue weighted by molar-refractivity contribution is 8.14. The summed E-state index contributed by atoms with van der Waals surface area (Å²) in [7, 11) is -3.07. The van der Waals surface area contributed by atoms with Crippen molar-refractivity contribution < 1.29 is 17.9 Å². The number of hydrogen-bond acceptors (Lipinski definition) is 7. The number of amidine groups is 1. The number of hydrogen-bond donors (Lipinski definition) is 0. The van der Waals surface area contributed by atoms with Crippen LogP contribution in [0.3, 0.4) is 0 Å². The van der Waals surface area contributed by atoms with E-state index >= 15 is 0 Å². The zero-order chi connectivity index (χ0) is 18.0. The molecule has 0 unspecified atom stereocenters. The van der Waals surface area contributed by atoms with Crippen LogP contribution in [0.25, 0.3) is 0 Å². The monoisotopic (exact) mass is 402 g/mol. The van der Waals surface area contributed by atoms with Crippen LogP contribution < -0.4 is 0 Å². The van der Waals surface area contributed by atoms with Gasteiger partial charge in [-0.15, -0.1) is 0 Å². The molecule has 0 radical (unpaired) electrons. The van der Waals surface area contributed by atoms with Gasteiger partial charge in [-0.2, -0.15) is 0 Å². The predicted molar refractivity (Wildman–Crippen MR) is 99.8 cm³/mol. The van der Waals surface area contributed by atoms with Crippen LogP contribution in [0.4, 0.5) is 0 Å². The van der Waals surface area contributed by atoms with E-state index in [2.05, 4.69) is 4.99 Å². The maximum Gasteiger partial charge on any atom is 0.316 e. The number of esters is 1. The number of aliphatic imine (C=N–C) groups is 1. The fraction of sp³-hybridized carbons (Fsp3) is 0.500. The number of halogens is 1. The molecule has 1 aromatic carbocycles. The predicted octanol–water partition coefficient (Wildman–Crippen LogP) is 1.97. The lowest BCUT2D eigenvalue weighted by molar-refractivity contribution is -0.139. The molecule has 0 N–H and O–H groups in total. The summed E-state index contributed by atoms with van der Waals surface area (Å²) in [5.41, 5.74) is 1.01. The van der Waals surface area contributed by atoms with Gasteiger partial charge in [0.05, 0.1) is 35.9 Å². The minimum atomic E-state index is -3.07. The largest absolute Gasteiger partial charge is 0.465 e. The first-order chi connectivity index (χ1) is 11.9. The Bertz CT molecular complexity index is 780. The minimum Gasteiger partial charge on any atom is -0.465 e. The quantitative estimate of drug-likeness (QED) is 0.701. The van der Waals surface area contributed by atoms with Gasteiger partial charge in [-0.3, -0.25) is 9.79 Å². The van der Waals surface area contributed by atoms with Gasteiger partial charge in [-0.25, -0.2) is 8.42 Å². The summed E-state index contributed by atoms with van der Waals surface area (Å²) >= 11 is 7.23. The summed E-state index contributed by atoms with van der Waals surface area (Å²) in [6.45, 7) is 2.63. The molecule has 2 aliphatic rings. The van der Waals surface area contributed by atoms with E-state index in [9.17, 15) is 13.2 Å². The van der Waals surface area contributed by atoms with E-state index in [1.165, 1.54) is 11.8 Å². The van der Waals surface area contributed by atoms with E-state index in [0.717, 1.165) is 5.56 Å². The van der Waals surface area contributed by atoms with E-state index in [1.807, 2.05) is 17.0 Å². The molecule has 25 heavy (non-hydrogen) atoms. The first-order valence-electron chi connectivity index (χ1n) is 7.95. The molecule has 136 valence electrons. The summed E-state index contributed by atoms with van der Waals surface area (Å²) in [5, 5.41) is 1.35. The second-order valence-electron chi connectivity index (χ2n) is 5.97. The Hall–Kier alpha value is -1.25. The normalized spacial score (nSPS) is 24.1. The highest BCUT2D eigenvalue weighted by atomic mass is 35.5. The molecule has 9 heteroatoms. The molecule has 0 bridgehead atoms. The molecule has 1 saturated heterocycles. The van der Waals surface area contributed by atoms with Crippen molar-refractivity contribution >= 4 is 44.3 Å². The van der Waals surface area contributed by atoms with Gasteiger partial charge >= 0.3 is 5.97 Å². The molecule has 0 saturated carbocycles. The Kier molecular flexibility index (Phi) is 5.60. The maximum absolute atomic E-state index is 12.0. The summed E-state index contributed by atoms with van der Waals surface area (Å²) in [4.78, 5) is 18.2. The van der Waals surface area contributed by atoms with Crippen molar-refractivity contribution in [2.24, 2.45) is 4.99 Å². The third kappa shape index (κ3) is 4.48. The zero-order valence-corrected chi connectivity index (χ0v) is 16.1. The number of nitrogens with zero attached hydrogens (tertiary/aromatic N) is 2. The Labute approximate surface area is 156 Å². The van der Waals surface area contributed by atoms with Crippen molar-refractivity contribution in [2.75, 3.05) is 23.9 Å². The Morgan fingerprint density at radius 3 is 2.76 bits per heavy atom. The molecule has 0 aromatic heterocycles. The Morgan fingerprint density at radius 2 is 2.08 bits per heavy atom. The van der Waals surface area contributed by atoms with Crippen LogP contribution in [0, 0.1) is 0 Å². The van der Waals surface area contributed by atoms with Crippen molar-refractivity contribution in [3.8, 4) is 0 Å². The summed E-state index contributed by atoms with van der Waals surface area (Å²) in [5.74, 6) is 0.0261. The van der Waals surface area contributed by atoms with Crippen LogP contribution in [0.15, 0.2) is 29.3 Å². The van der Waals surface area contributed by atoms with Gasteiger partial charge in [0.1, 0.15) is 0 Å². The van der Waals surface area contributed by atoms with Gasteiger partial charge in [0.15, 0.2) is 15.0 Å². The van der Waals surface area contributed by atoms with E-state index in [-0.39, 0.29) is 35.3 Å². The SMILES string of the molecule is CCOC(=O)CSC1=N[C@@H]2CS(=O)(=O)C[C@@H]2N1Cc1ccc(Cl)cc1. The first-order valence-corrected chi connectivity index (χ1v) is 11.1. The second-order valence-corrected chi connectivity index (χ2v) is 9.50. The fourth-order valence-corrected chi connectivity index (χ4v) is 5.91. The summed E-state index contributed by atoms with van der Waals surface area (Å²) in [6.07, 6.45) is 0. The van der Waals surface area contributed by atoms with E-state index in [0.29, 0.717) is 23.3 Å². The molecular weight excluding hydrogens is 384 g/mol. The number of rotatable bonds is 5. The summed E-state index contributed by atoms with van der Waals surface area (Å²) < 4.78 is 28.9. The molecule has 0 amide bonds. The minimum absolute atomic E-state index is 0.0677. The van der Waals surface area contributed by atoms with E-state index < -0.39 is 9.84 Å². The topological polar surface area (TPSA) is 76.0 Å². The molecule has 1 aromatic rings. The van der Waals surface area contributed by atoms with Gasteiger partial charge in [0, 0.05) is 11.6 Å². The fourth-order valence-electron chi connectivity index (χ4n) is 3.01. The molecule has 3 rings (SSSR count). The highest BCUT2D eigenvalue weighted by Gasteiger charge is 2.46. The van der Waals surface area contributed by atoms with Gasteiger partial charge in [0.25, 0.3) is 0 Å². The average molecular weight is 403 g/mol. The van der Waals surface area contributed by atoms with Gasteiger partial charge in [0.2, 0.25) is 0 Å². The molecule has 0 aliphatic carbocycles. The third-order valence-electron chi connectivity index (χ3n) is 4.11. The molecule has 6 nitrogen and oxygen atoms in total. The van der Waals surface area contributed by atoms with Crippen LogP contribution in [0.1, 0.15) is 12.5 Å². The highest BCUT2D eigenvalue weighted by Crippen LogP contribution is 2.32. The lowest BCUT2D eigenvalue weighted by Crippen LogP contribution is -2.38.